The Bertz CT molecular complexity index is 741. The monoisotopic (exact) mass is 406 g/mol. The third kappa shape index (κ3) is 4.98. The van der Waals surface area contributed by atoms with E-state index in [1.807, 2.05) is 13.0 Å². The number of aldehydes is 1. The average Bonchev–Trinajstić information content (AvgIpc) is 2.58. The standard InChI is InChI=1S/C20H23BrO4/c1-13(2)16-6-5-14(3)9-18(16)24-7-8-25-20-17(21)10-15(12-22)11-19(20)23-4/h5-6,9-13H,7-8H2,1-4H3. The second kappa shape index (κ2) is 8.90. The van der Waals surface area contributed by atoms with Gasteiger partial charge in [0.15, 0.2) is 11.5 Å². The summed E-state index contributed by atoms with van der Waals surface area (Å²) < 4.78 is 17.7. The van der Waals surface area contributed by atoms with E-state index in [4.69, 9.17) is 14.2 Å². The van der Waals surface area contributed by atoms with Gasteiger partial charge in [0.25, 0.3) is 0 Å². The zero-order valence-corrected chi connectivity index (χ0v) is 16.6. The van der Waals surface area contributed by atoms with E-state index >= 15 is 0 Å². The van der Waals surface area contributed by atoms with E-state index in [0.29, 0.717) is 40.7 Å². The SMILES string of the molecule is COc1cc(C=O)cc(Br)c1OCCOc1cc(C)ccc1C(C)C. The van der Waals surface area contributed by atoms with Gasteiger partial charge in [0.2, 0.25) is 0 Å². The van der Waals surface area contributed by atoms with Gasteiger partial charge in [-0.2, -0.15) is 0 Å². The third-order valence-corrected chi connectivity index (χ3v) is 4.36. The lowest BCUT2D eigenvalue weighted by Gasteiger charge is -2.16. The van der Waals surface area contributed by atoms with Crippen LogP contribution in [0.25, 0.3) is 0 Å². The van der Waals surface area contributed by atoms with Crippen LogP contribution in [0.5, 0.6) is 17.2 Å². The highest BCUT2D eigenvalue weighted by Gasteiger charge is 2.12. The zero-order chi connectivity index (χ0) is 18.4. The summed E-state index contributed by atoms with van der Waals surface area (Å²) in [5.41, 5.74) is 2.86. The van der Waals surface area contributed by atoms with E-state index < -0.39 is 0 Å². The Kier molecular flexibility index (Phi) is 6.88. The van der Waals surface area contributed by atoms with Crippen molar-refractivity contribution in [3.8, 4) is 17.2 Å². The fourth-order valence-corrected chi connectivity index (χ4v) is 3.06. The molecule has 5 heteroatoms. The molecule has 0 aliphatic rings. The maximum absolute atomic E-state index is 10.9. The number of ether oxygens (including phenoxy) is 3. The van der Waals surface area contributed by atoms with Gasteiger partial charge in [0, 0.05) is 5.56 Å². The number of hydrogen-bond acceptors (Lipinski definition) is 4. The Labute approximate surface area is 157 Å². The number of halogens is 1. The van der Waals surface area contributed by atoms with Crippen molar-refractivity contribution in [2.24, 2.45) is 0 Å². The van der Waals surface area contributed by atoms with Crippen molar-refractivity contribution in [1.29, 1.82) is 0 Å². The smallest absolute Gasteiger partial charge is 0.175 e. The van der Waals surface area contributed by atoms with Crippen molar-refractivity contribution in [2.75, 3.05) is 20.3 Å². The summed E-state index contributed by atoms with van der Waals surface area (Å²) >= 11 is 3.41. The Balaban J connectivity index is 2.03. The molecule has 0 fully saturated rings. The molecule has 134 valence electrons. The summed E-state index contributed by atoms with van der Waals surface area (Å²) in [5.74, 6) is 2.35. The number of hydrogen-bond donors (Lipinski definition) is 0. The summed E-state index contributed by atoms with van der Waals surface area (Å²) in [4.78, 5) is 10.9. The van der Waals surface area contributed by atoms with Crippen molar-refractivity contribution >= 4 is 22.2 Å². The molecule has 0 spiro atoms. The van der Waals surface area contributed by atoms with Crippen molar-refractivity contribution in [3.63, 3.8) is 0 Å². The lowest BCUT2D eigenvalue weighted by atomic mass is 10.0. The van der Waals surface area contributed by atoms with Crippen LogP contribution in [0.3, 0.4) is 0 Å². The van der Waals surface area contributed by atoms with Crippen molar-refractivity contribution in [1.82, 2.24) is 0 Å². The van der Waals surface area contributed by atoms with Crippen LogP contribution >= 0.6 is 15.9 Å². The number of carbonyl (C=O) groups is 1. The zero-order valence-electron chi connectivity index (χ0n) is 15.0. The highest BCUT2D eigenvalue weighted by molar-refractivity contribution is 9.10. The summed E-state index contributed by atoms with van der Waals surface area (Å²) in [7, 11) is 1.54. The fraction of sp³-hybridized carbons (Fsp3) is 0.350. The van der Waals surface area contributed by atoms with Gasteiger partial charge in [0.1, 0.15) is 25.2 Å². The number of aryl methyl sites for hydroxylation is 1. The Morgan fingerprint density at radius 1 is 1.08 bits per heavy atom. The van der Waals surface area contributed by atoms with Gasteiger partial charge in [0.05, 0.1) is 11.6 Å². The molecule has 0 bridgehead atoms. The quantitative estimate of drug-likeness (QED) is 0.448. The van der Waals surface area contributed by atoms with E-state index in [9.17, 15) is 4.79 Å². The lowest BCUT2D eigenvalue weighted by molar-refractivity contribution is 0.112. The molecule has 0 atom stereocenters. The molecule has 2 aromatic carbocycles. The maximum atomic E-state index is 10.9. The van der Waals surface area contributed by atoms with Crippen LogP contribution in [0.4, 0.5) is 0 Å². The maximum Gasteiger partial charge on any atom is 0.175 e. The lowest BCUT2D eigenvalue weighted by Crippen LogP contribution is -2.11. The van der Waals surface area contributed by atoms with Crippen LogP contribution in [-0.2, 0) is 0 Å². The first kappa shape index (κ1) is 19.3. The molecular weight excluding hydrogens is 384 g/mol. The summed E-state index contributed by atoms with van der Waals surface area (Å²) in [6.45, 7) is 7.11. The molecule has 0 heterocycles. The van der Waals surface area contributed by atoms with Crippen LogP contribution in [0, 0.1) is 6.92 Å². The Morgan fingerprint density at radius 3 is 2.44 bits per heavy atom. The third-order valence-electron chi connectivity index (χ3n) is 3.77. The molecule has 0 radical (unpaired) electrons. The van der Waals surface area contributed by atoms with Gasteiger partial charge in [-0.05, 0) is 58.1 Å². The van der Waals surface area contributed by atoms with E-state index in [-0.39, 0.29) is 0 Å². The summed E-state index contributed by atoms with van der Waals surface area (Å²) in [6, 6.07) is 9.59. The molecule has 25 heavy (non-hydrogen) atoms. The molecule has 2 rings (SSSR count). The number of carbonyl (C=O) groups excluding carboxylic acids is 1. The molecule has 4 nitrogen and oxygen atoms in total. The first-order valence-electron chi connectivity index (χ1n) is 8.15. The van der Waals surface area contributed by atoms with Gasteiger partial charge < -0.3 is 14.2 Å². The summed E-state index contributed by atoms with van der Waals surface area (Å²) in [6.07, 6.45) is 0.769. The molecular formula is C20H23BrO4. The molecule has 0 amide bonds. The van der Waals surface area contributed by atoms with Crippen molar-refractivity contribution < 1.29 is 19.0 Å². The topological polar surface area (TPSA) is 44.8 Å². The van der Waals surface area contributed by atoms with E-state index in [0.717, 1.165) is 17.6 Å². The number of methoxy groups -OCH3 is 1. The Hall–Kier alpha value is -2.01. The summed E-state index contributed by atoms with van der Waals surface area (Å²) in [5, 5.41) is 0. The first-order valence-corrected chi connectivity index (χ1v) is 8.94. The minimum absolute atomic E-state index is 0.362. The van der Waals surface area contributed by atoms with Gasteiger partial charge in [-0.3, -0.25) is 4.79 Å². The van der Waals surface area contributed by atoms with Crippen molar-refractivity contribution in [2.45, 2.75) is 26.7 Å². The van der Waals surface area contributed by atoms with Crippen LogP contribution in [-0.4, -0.2) is 26.6 Å². The van der Waals surface area contributed by atoms with Gasteiger partial charge in [-0.25, -0.2) is 0 Å². The average molecular weight is 407 g/mol. The number of benzene rings is 2. The van der Waals surface area contributed by atoms with E-state index in [1.165, 1.54) is 5.56 Å². The molecule has 0 aliphatic heterocycles. The molecule has 0 saturated heterocycles. The number of rotatable bonds is 8. The molecule has 2 aromatic rings. The predicted octanol–water partition coefficient (Wildman–Crippen LogP) is 5.16. The minimum atomic E-state index is 0.362. The van der Waals surface area contributed by atoms with Crippen LogP contribution in [0.2, 0.25) is 0 Å². The predicted molar refractivity (Wildman–Crippen MR) is 102 cm³/mol. The van der Waals surface area contributed by atoms with Crippen LogP contribution < -0.4 is 14.2 Å². The molecule has 0 aliphatic carbocycles. The normalized spacial score (nSPS) is 10.6. The van der Waals surface area contributed by atoms with Crippen LogP contribution in [0.1, 0.15) is 41.3 Å². The van der Waals surface area contributed by atoms with Crippen LogP contribution in [0.15, 0.2) is 34.8 Å². The molecule has 0 saturated carbocycles. The van der Waals surface area contributed by atoms with Gasteiger partial charge >= 0.3 is 0 Å². The largest absolute Gasteiger partial charge is 0.493 e. The van der Waals surface area contributed by atoms with Gasteiger partial charge in [-0.1, -0.05) is 26.0 Å². The van der Waals surface area contributed by atoms with E-state index in [1.54, 1.807) is 19.2 Å². The first-order chi connectivity index (χ1) is 12.0. The highest BCUT2D eigenvalue weighted by atomic mass is 79.9. The highest BCUT2D eigenvalue weighted by Crippen LogP contribution is 2.36. The van der Waals surface area contributed by atoms with E-state index in [2.05, 4.69) is 41.9 Å². The molecule has 0 aromatic heterocycles. The minimum Gasteiger partial charge on any atom is -0.493 e. The van der Waals surface area contributed by atoms with Crippen molar-refractivity contribution in [3.05, 3.63) is 51.5 Å². The van der Waals surface area contributed by atoms with Gasteiger partial charge in [-0.15, -0.1) is 0 Å². The second-order valence-electron chi connectivity index (χ2n) is 6.04. The fourth-order valence-electron chi connectivity index (χ4n) is 2.49. The Morgan fingerprint density at radius 2 is 1.80 bits per heavy atom. The molecule has 0 N–H and O–H groups in total. The molecule has 0 unspecified atom stereocenters. The second-order valence-corrected chi connectivity index (χ2v) is 6.90.